The molecule has 2 amide bonds. The van der Waals surface area contributed by atoms with E-state index in [4.69, 9.17) is 0 Å². The van der Waals surface area contributed by atoms with Gasteiger partial charge in [0.25, 0.3) is 0 Å². The van der Waals surface area contributed by atoms with Gasteiger partial charge in [0.1, 0.15) is 0 Å². The van der Waals surface area contributed by atoms with Crippen LogP contribution in [0.25, 0.3) is 0 Å². The van der Waals surface area contributed by atoms with E-state index < -0.39 is 0 Å². The fourth-order valence-electron chi connectivity index (χ4n) is 2.19. The van der Waals surface area contributed by atoms with Crippen LogP contribution in [0.3, 0.4) is 0 Å². The Morgan fingerprint density at radius 3 is 2.05 bits per heavy atom. The van der Waals surface area contributed by atoms with Crippen LogP contribution < -0.4 is 10.6 Å². The second-order valence-electron chi connectivity index (χ2n) is 4.86. The van der Waals surface area contributed by atoms with Crippen LogP contribution in [0.2, 0.25) is 0 Å². The van der Waals surface area contributed by atoms with Crippen molar-refractivity contribution in [2.24, 2.45) is 0 Å². The van der Waals surface area contributed by atoms with Crippen molar-refractivity contribution in [3.05, 3.63) is 57.6 Å². The van der Waals surface area contributed by atoms with Crippen molar-refractivity contribution >= 4 is 33.3 Å². The number of anilines is 2. The molecule has 20 heavy (non-hydrogen) atoms. The number of urea groups is 1. The smallest absolute Gasteiger partial charge is 0.308 e. The summed E-state index contributed by atoms with van der Waals surface area (Å²) in [6.45, 7) is 6.04. The summed E-state index contributed by atoms with van der Waals surface area (Å²) in [6.07, 6.45) is 0. The molecule has 0 aromatic heterocycles. The summed E-state index contributed by atoms with van der Waals surface area (Å²) in [5.41, 5.74) is 4.94. The summed E-state index contributed by atoms with van der Waals surface area (Å²) < 4.78 is 0.980. The number of carbonyl (C=O) groups excluding carboxylic acids is 1. The second-order valence-corrected chi connectivity index (χ2v) is 5.78. The fourth-order valence-corrected chi connectivity index (χ4v) is 2.45. The van der Waals surface area contributed by atoms with Gasteiger partial charge >= 0.3 is 6.03 Å². The lowest BCUT2D eigenvalue weighted by Crippen LogP contribution is -2.20. The maximum absolute atomic E-state index is 12.0. The van der Waals surface area contributed by atoms with E-state index in [1.807, 2.05) is 45.0 Å². The molecule has 0 unspecified atom stereocenters. The monoisotopic (exact) mass is 332 g/mol. The Morgan fingerprint density at radius 2 is 1.50 bits per heavy atom. The van der Waals surface area contributed by atoms with Crippen LogP contribution in [-0.2, 0) is 0 Å². The van der Waals surface area contributed by atoms with Gasteiger partial charge in [-0.05, 0) is 56.2 Å². The summed E-state index contributed by atoms with van der Waals surface area (Å²) in [7, 11) is 0. The molecule has 0 saturated carbocycles. The van der Waals surface area contributed by atoms with Crippen LogP contribution >= 0.6 is 15.9 Å². The Labute approximate surface area is 127 Å². The zero-order valence-electron chi connectivity index (χ0n) is 11.8. The van der Waals surface area contributed by atoms with Crippen molar-refractivity contribution in [2.75, 3.05) is 10.6 Å². The number of hydrogen-bond donors (Lipinski definition) is 2. The molecule has 2 N–H and O–H groups in total. The third-order valence-electron chi connectivity index (χ3n) is 3.02. The SMILES string of the molecule is Cc1cc(C)c(NC(=O)Nc2ccc(Br)cc2)c(C)c1. The predicted molar refractivity (Wildman–Crippen MR) is 87.4 cm³/mol. The quantitative estimate of drug-likeness (QED) is 0.796. The number of halogens is 1. The number of benzene rings is 2. The van der Waals surface area contributed by atoms with E-state index in [2.05, 4.69) is 38.7 Å². The van der Waals surface area contributed by atoms with Crippen LogP contribution in [-0.4, -0.2) is 6.03 Å². The number of amides is 2. The van der Waals surface area contributed by atoms with Crippen molar-refractivity contribution in [1.82, 2.24) is 0 Å². The molecule has 0 atom stereocenters. The third kappa shape index (κ3) is 3.61. The average molecular weight is 333 g/mol. The highest BCUT2D eigenvalue weighted by molar-refractivity contribution is 9.10. The molecule has 0 aliphatic rings. The van der Waals surface area contributed by atoms with Crippen LogP contribution in [0.1, 0.15) is 16.7 Å². The molecule has 104 valence electrons. The van der Waals surface area contributed by atoms with Crippen LogP contribution in [0, 0.1) is 20.8 Å². The minimum Gasteiger partial charge on any atom is -0.308 e. The molecule has 0 spiro atoms. The van der Waals surface area contributed by atoms with Crippen molar-refractivity contribution < 1.29 is 4.79 Å². The van der Waals surface area contributed by atoms with E-state index in [1.165, 1.54) is 5.56 Å². The van der Waals surface area contributed by atoms with Gasteiger partial charge in [-0.15, -0.1) is 0 Å². The topological polar surface area (TPSA) is 41.1 Å². The van der Waals surface area contributed by atoms with Gasteiger partial charge in [-0.3, -0.25) is 0 Å². The third-order valence-corrected chi connectivity index (χ3v) is 3.55. The highest BCUT2D eigenvalue weighted by Gasteiger charge is 2.08. The van der Waals surface area contributed by atoms with Crippen LogP contribution in [0.4, 0.5) is 16.2 Å². The first-order chi connectivity index (χ1) is 9.45. The van der Waals surface area contributed by atoms with Crippen molar-refractivity contribution in [1.29, 1.82) is 0 Å². The molecule has 0 aliphatic carbocycles. The highest BCUT2D eigenvalue weighted by Crippen LogP contribution is 2.22. The molecule has 0 heterocycles. The molecule has 0 bridgehead atoms. The minimum atomic E-state index is -0.234. The van der Waals surface area contributed by atoms with Crippen molar-refractivity contribution in [2.45, 2.75) is 20.8 Å². The summed E-state index contributed by atoms with van der Waals surface area (Å²) >= 11 is 3.36. The Bertz CT molecular complexity index is 612. The fraction of sp³-hybridized carbons (Fsp3) is 0.188. The lowest BCUT2D eigenvalue weighted by molar-refractivity contribution is 0.262. The van der Waals surface area contributed by atoms with Crippen molar-refractivity contribution in [3.63, 3.8) is 0 Å². The zero-order chi connectivity index (χ0) is 14.7. The molecule has 3 nitrogen and oxygen atoms in total. The molecular formula is C16H17BrN2O. The number of rotatable bonds is 2. The Kier molecular flexibility index (Phi) is 4.45. The Balaban J connectivity index is 2.10. The summed E-state index contributed by atoms with van der Waals surface area (Å²) in [5.74, 6) is 0. The first kappa shape index (κ1) is 14.6. The first-order valence-corrected chi connectivity index (χ1v) is 7.16. The van der Waals surface area contributed by atoms with E-state index in [-0.39, 0.29) is 6.03 Å². The largest absolute Gasteiger partial charge is 0.323 e. The molecule has 2 rings (SSSR count). The maximum atomic E-state index is 12.0. The zero-order valence-corrected chi connectivity index (χ0v) is 13.3. The second kappa shape index (κ2) is 6.09. The lowest BCUT2D eigenvalue weighted by atomic mass is 10.1. The number of aryl methyl sites for hydroxylation is 3. The van der Waals surface area contributed by atoms with Crippen LogP contribution in [0.15, 0.2) is 40.9 Å². The molecule has 0 fully saturated rings. The Hall–Kier alpha value is -1.81. The molecule has 0 radical (unpaired) electrons. The van der Waals surface area contributed by atoms with E-state index >= 15 is 0 Å². The molecular weight excluding hydrogens is 316 g/mol. The first-order valence-electron chi connectivity index (χ1n) is 6.37. The van der Waals surface area contributed by atoms with Crippen LogP contribution in [0.5, 0.6) is 0 Å². The summed E-state index contributed by atoms with van der Waals surface area (Å²) in [6, 6.07) is 11.3. The maximum Gasteiger partial charge on any atom is 0.323 e. The van der Waals surface area contributed by atoms with Gasteiger partial charge < -0.3 is 10.6 Å². The van der Waals surface area contributed by atoms with E-state index in [0.29, 0.717) is 0 Å². The average Bonchev–Trinajstić information content (AvgIpc) is 2.36. The summed E-state index contributed by atoms with van der Waals surface area (Å²) in [4.78, 5) is 12.0. The molecule has 0 aliphatic heterocycles. The van der Waals surface area contributed by atoms with Crippen molar-refractivity contribution in [3.8, 4) is 0 Å². The number of carbonyl (C=O) groups is 1. The van der Waals surface area contributed by atoms with Gasteiger partial charge in [0, 0.05) is 15.8 Å². The minimum absolute atomic E-state index is 0.234. The Morgan fingerprint density at radius 1 is 0.950 bits per heavy atom. The predicted octanol–water partition coefficient (Wildman–Crippen LogP) is 5.02. The number of hydrogen-bond acceptors (Lipinski definition) is 1. The molecule has 0 saturated heterocycles. The van der Waals surface area contributed by atoms with Gasteiger partial charge in [-0.1, -0.05) is 33.6 Å². The van der Waals surface area contributed by atoms with Gasteiger partial charge in [-0.2, -0.15) is 0 Å². The standard InChI is InChI=1S/C16H17BrN2O/c1-10-8-11(2)15(12(3)9-10)19-16(20)18-14-6-4-13(17)5-7-14/h4-9H,1-3H3,(H2,18,19,20). The van der Waals surface area contributed by atoms with E-state index in [0.717, 1.165) is 27.0 Å². The summed E-state index contributed by atoms with van der Waals surface area (Å²) in [5, 5.41) is 5.72. The normalized spacial score (nSPS) is 10.2. The van der Waals surface area contributed by atoms with Gasteiger partial charge in [0.15, 0.2) is 0 Å². The molecule has 4 heteroatoms. The van der Waals surface area contributed by atoms with E-state index in [1.54, 1.807) is 0 Å². The van der Waals surface area contributed by atoms with Gasteiger partial charge in [-0.25, -0.2) is 4.79 Å². The van der Waals surface area contributed by atoms with E-state index in [9.17, 15) is 4.79 Å². The molecule has 2 aromatic carbocycles. The number of nitrogens with one attached hydrogen (secondary N) is 2. The lowest BCUT2D eigenvalue weighted by Gasteiger charge is -2.13. The van der Waals surface area contributed by atoms with Gasteiger partial charge in [0.05, 0.1) is 0 Å². The molecule has 2 aromatic rings. The highest BCUT2D eigenvalue weighted by atomic mass is 79.9. The van der Waals surface area contributed by atoms with Gasteiger partial charge in [0.2, 0.25) is 0 Å².